The van der Waals surface area contributed by atoms with E-state index in [2.05, 4.69) is 102 Å². The van der Waals surface area contributed by atoms with Gasteiger partial charge in [0.25, 0.3) is 0 Å². The fourth-order valence-corrected chi connectivity index (χ4v) is 6.75. The lowest BCUT2D eigenvalue weighted by atomic mass is 9.96. The molecule has 0 aliphatic carbocycles. The topological polar surface area (TPSA) is 54.8 Å². The molecule has 0 aliphatic heterocycles. The zero-order valence-corrected chi connectivity index (χ0v) is 24.7. The Morgan fingerprint density at radius 1 is 0.543 bits per heavy atom. The molecule has 0 N–H and O–H groups in total. The van der Waals surface area contributed by atoms with E-state index in [-0.39, 0.29) is 0 Å². The van der Waals surface area contributed by atoms with Crippen LogP contribution in [0.4, 0.5) is 0 Å². The van der Waals surface area contributed by atoms with Gasteiger partial charge in [-0.1, -0.05) is 91.0 Å². The van der Waals surface area contributed by atoms with Crippen LogP contribution in [0.3, 0.4) is 0 Å². The number of nitriles is 1. The predicted molar refractivity (Wildman–Crippen MR) is 187 cm³/mol. The average molecular weight is 588 g/mol. The summed E-state index contributed by atoms with van der Waals surface area (Å²) >= 11 is 0. The van der Waals surface area contributed by atoms with Crippen molar-refractivity contribution in [3.63, 3.8) is 0 Å². The summed E-state index contributed by atoms with van der Waals surface area (Å²) in [6.45, 7) is 0. The second-order valence-electron chi connectivity index (χ2n) is 11.5. The van der Waals surface area contributed by atoms with Gasteiger partial charge in [0.1, 0.15) is 11.2 Å². The van der Waals surface area contributed by atoms with Crippen LogP contribution in [0.15, 0.2) is 156 Å². The van der Waals surface area contributed by atoms with Crippen LogP contribution in [-0.4, -0.2) is 9.55 Å². The molecular formula is C42H25N3O. The highest BCUT2D eigenvalue weighted by atomic mass is 16.3. The normalized spacial score (nSPS) is 11.5. The molecule has 0 radical (unpaired) electrons. The minimum atomic E-state index is 0.628. The maximum atomic E-state index is 10.0. The van der Waals surface area contributed by atoms with Crippen molar-refractivity contribution in [3.8, 4) is 45.4 Å². The second kappa shape index (κ2) is 10.3. The van der Waals surface area contributed by atoms with Gasteiger partial charge in [0, 0.05) is 33.0 Å². The fourth-order valence-electron chi connectivity index (χ4n) is 6.75. The molecule has 0 atom stereocenters. The number of hydrogen-bond acceptors (Lipinski definition) is 3. The van der Waals surface area contributed by atoms with Crippen LogP contribution in [0, 0.1) is 11.3 Å². The third-order valence-electron chi connectivity index (χ3n) is 8.83. The van der Waals surface area contributed by atoms with Crippen LogP contribution in [0.5, 0.6) is 0 Å². The van der Waals surface area contributed by atoms with Crippen LogP contribution >= 0.6 is 0 Å². The molecule has 0 spiro atoms. The van der Waals surface area contributed by atoms with E-state index in [1.165, 1.54) is 0 Å². The number of pyridine rings is 1. The molecule has 6 aromatic carbocycles. The maximum Gasteiger partial charge on any atom is 0.145 e. The number of fused-ring (bicyclic) bond motifs is 7. The van der Waals surface area contributed by atoms with E-state index in [4.69, 9.17) is 9.40 Å². The van der Waals surface area contributed by atoms with Crippen LogP contribution < -0.4 is 0 Å². The van der Waals surface area contributed by atoms with E-state index >= 15 is 0 Å². The third kappa shape index (κ3) is 4.03. The summed E-state index contributed by atoms with van der Waals surface area (Å²) in [5, 5.41) is 14.5. The molecule has 3 aromatic heterocycles. The van der Waals surface area contributed by atoms with Gasteiger partial charge in [0.15, 0.2) is 0 Å². The van der Waals surface area contributed by atoms with Crippen molar-refractivity contribution in [1.29, 1.82) is 5.26 Å². The Labute approximate surface area is 265 Å². The molecule has 214 valence electrons. The number of benzene rings is 6. The summed E-state index contributed by atoms with van der Waals surface area (Å²) < 4.78 is 8.84. The summed E-state index contributed by atoms with van der Waals surface area (Å²) in [6, 6.07) is 54.1. The lowest BCUT2D eigenvalue weighted by molar-refractivity contribution is 0.673. The molecule has 0 fully saturated rings. The Hall–Kier alpha value is -6.44. The van der Waals surface area contributed by atoms with Crippen LogP contribution in [0.25, 0.3) is 83.1 Å². The Kier molecular flexibility index (Phi) is 5.84. The van der Waals surface area contributed by atoms with Gasteiger partial charge in [0.2, 0.25) is 0 Å². The largest absolute Gasteiger partial charge is 0.455 e. The number of rotatable bonds is 4. The van der Waals surface area contributed by atoms with Gasteiger partial charge < -0.3 is 8.98 Å². The van der Waals surface area contributed by atoms with E-state index in [0.29, 0.717) is 5.56 Å². The van der Waals surface area contributed by atoms with Crippen molar-refractivity contribution in [2.24, 2.45) is 0 Å². The van der Waals surface area contributed by atoms with Gasteiger partial charge in [-0.3, -0.25) is 0 Å². The maximum absolute atomic E-state index is 10.0. The quantitative estimate of drug-likeness (QED) is 0.206. The lowest BCUT2D eigenvalue weighted by Crippen LogP contribution is -1.97. The number of furan rings is 1. The first-order valence-corrected chi connectivity index (χ1v) is 15.3. The molecule has 46 heavy (non-hydrogen) atoms. The first-order valence-electron chi connectivity index (χ1n) is 15.3. The highest BCUT2D eigenvalue weighted by molar-refractivity contribution is 6.23. The first kappa shape index (κ1) is 26.0. The second-order valence-corrected chi connectivity index (χ2v) is 11.5. The minimum absolute atomic E-state index is 0.628. The molecule has 9 aromatic rings. The Morgan fingerprint density at radius 3 is 2.13 bits per heavy atom. The molecule has 9 rings (SSSR count). The van der Waals surface area contributed by atoms with Gasteiger partial charge >= 0.3 is 0 Å². The average Bonchev–Trinajstić information content (AvgIpc) is 3.68. The van der Waals surface area contributed by atoms with Crippen molar-refractivity contribution in [2.75, 3.05) is 0 Å². The molecule has 4 heteroatoms. The molecule has 4 nitrogen and oxygen atoms in total. The van der Waals surface area contributed by atoms with Crippen molar-refractivity contribution >= 4 is 43.7 Å². The molecular weight excluding hydrogens is 562 g/mol. The Morgan fingerprint density at radius 2 is 1.26 bits per heavy atom. The standard InChI is InChI=1S/C42H25N3O/c43-26-28-13-4-5-14-32(28)29-23-30(37-18-10-17-36(44-37)27-11-2-1-3-12-27)25-31(24-29)45-38-19-8-6-16-35(38)41-39(45)22-21-34-33-15-7-9-20-40(33)46-42(34)41/h1-25H. The summed E-state index contributed by atoms with van der Waals surface area (Å²) in [7, 11) is 0. The minimum Gasteiger partial charge on any atom is -0.455 e. The van der Waals surface area contributed by atoms with Crippen molar-refractivity contribution in [3.05, 3.63) is 157 Å². The predicted octanol–water partition coefficient (Wildman–Crippen LogP) is 11.0. The van der Waals surface area contributed by atoms with E-state index in [0.717, 1.165) is 83.1 Å². The zero-order valence-electron chi connectivity index (χ0n) is 24.7. The van der Waals surface area contributed by atoms with E-state index in [1.54, 1.807) is 0 Å². The fraction of sp³-hybridized carbons (Fsp3) is 0. The number of para-hydroxylation sites is 2. The van der Waals surface area contributed by atoms with Gasteiger partial charge in [-0.25, -0.2) is 4.98 Å². The van der Waals surface area contributed by atoms with Gasteiger partial charge in [-0.15, -0.1) is 0 Å². The molecule has 3 heterocycles. The van der Waals surface area contributed by atoms with Crippen molar-refractivity contribution in [1.82, 2.24) is 9.55 Å². The molecule has 0 aliphatic rings. The summed E-state index contributed by atoms with van der Waals surface area (Å²) in [5.41, 5.74) is 11.1. The Balaban J connectivity index is 1.35. The number of aromatic nitrogens is 2. The van der Waals surface area contributed by atoms with Crippen LogP contribution in [0.2, 0.25) is 0 Å². The molecule has 0 saturated heterocycles. The summed E-state index contributed by atoms with van der Waals surface area (Å²) in [4.78, 5) is 5.11. The molecule has 0 bridgehead atoms. The smallest absolute Gasteiger partial charge is 0.145 e. The highest BCUT2D eigenvalue weighted by Crippen LogP contribution is 2.41. The molecule has 0 unspecified atom stereocenters. The summed E-state index contributed by atoms with van der Waals surface area (Å²) in [5.74, 6) is 0. The van der Waals surface area contributed by atoms with E-state index in [9.17, 15) is 5.26 Å². The van der Waals surface area contributed by atoms with Gasteiger partial charge in [-0.05, 0) is 71.8 Å². The van der Waals surface area contributed by atoms with Gasteiger partial charge in [-0.2, -0.15) is 5.26 Å². The van der Waals surface area contributed by atoms with Crippen molar-refractivity contribution < 1.29 is 4.42 Å². The zero-order chi connectivity index (χ0) is 30.6. The molecule has 0 saturated carbocycles. The third-order valence-corrected chi connectivity index (χ3v) is 8.83. The monoisotopic (exact) mass is 587 g/mol. The highest BCUT2D eigenvalue weighted by Gasteiger charge is 2.20. The van der Waals surface area contributed by atoms with Gasteiger partial charge in [0.05, 0.1) is 39.4 Å². The van der Waals surface area contributed by atoms with Crippen molar-refractivity contribution in [2.45, 2.75) is 0 Å². The number of hydrogen-bond donors (Lipinski definition) is 0. The van der Waals surface area contributed by atoms with E-state index in [1.807, 2.05) is 60.7 Å². The Bertz CT molecular complexity index is 2660. The van der Waals surface area contributed by atoms with E-state index < -0.39 is 0 Å². The number of nitrogens with zero attached hydrogens (tertiary/aromatic N) is 3. The van der Waals surface area contributed by atoms with Crippen LogP contribution in [0.1, 0.15) is 5.56 Å². The first-order chi connectivity index (χ1) is 22.8. The molecule has 0 amide bonds. The SMILES string of the molecule is N#Cc1ccccc1-c1cc(-c2cccc(-c3ccccc3)n2)cc(-n2c3ccccc3c3c4oc5ccccc5c4ccc32)c1. The lowest BCUT2D eigenvalue weighted by Gasteiger charge is -2.15. The summed E-state index contributed by atoms with van der Waals surface area (Å²) in [6.07, 6.45) is 0. The van der Waals surface area contributed by atoms with Crippen LogP contribution in [-0.2, 0) is 0 Å².